The number of amides is 1. The van der Waals surface area contributed by atoms with Crippen LogP contribution in [0, 0.1) is 5.92 Å². The predicted molar refractivity (Wildman–Crippen MR) is 84.5 cm³/mol. The molecular formula is C17H27N3O2. The van der Waals surface area contributed by atoms with Gasteiger partial charge in [-0.15, -0.1) is 0 Å². The number of fused-ring (bicyclic) bond motifs is 1. The van der Waals surface area contributed by atoms with E-state index in [2.05, 4.69) is 9.55 Å². The fraction of sp³-hybridized carbons (Fsp3) is 0.765. The van der Waals surface area contributed by atoms with Crippen LogP contribution in [0.15, 0.2) is 12.4 Å². The lowest BCUT2D eigenvalue weighted by atomic mass is 9.98. The van der Waals surface area contributed by atoms with Gasteiger partial charge in [-0.25, -0.2) is 4.98 Å². The molecule has 1 fully saturated rings. The molecule has 1 aromatic rings. The van der Waals surface area contributed by atoms with E-state index >= 15 is 0 Å². The molecule has 0 N–H and O–H groups in total. The van der Waals surface area contributed by atoms with Crippen LogP contribution in [0.25, 0.3) is 0 Å². The van der Waals surface area contributed by atoms with Crippen LogP contribution in [0.4, 0.5) is 0 Å². The third kappa shape index (κ3) is 3.88. The normalized spacial score (nSPS) is 22.3. The highest BCUT2D eigenvalue weighted by atomic mass is 16.5. The van der Waals surface area contributed by atoms with Crippen LogP contribution >= 0.6 is 0 Å². The SMILES string of the molecule is CN(C[C@H]1CCc2nccn2C1)C(=O)COC1CCCCC1. The number of carbonyl (C=O) groups is 1. The average Bonchev–Trinajstić information content (AvgIpc) is 3.01. The zero-order chi connectivity index (χ0) is 15.4. The lowest BCUT2D eigenvalue weighted by Gasteiger charge is -2.29. The first-order valence-electron chi connectivity index (χ1n) is 8.58. The van der Waals surface area contributed by atoms with E-state index in [-0.39, 0.29) is 12.5 Å². The van der Waals surface area contributed by atoms with E-state index < -0.39 is 0 Å². The Balaban J connectivity index is 1.41. The summed E-state index contributed by atoms with van der Waals surface area (Å²) in [4.78, 5) is 18.4. The number of rotatable bonds is 5. The van der Waals surface area contributed by atoms with Crippen molar-refractivity contribution in [3.63, 3.8) is 0 Å². The fourth-order valence-corrected chi connectivity index (χ4v) is 3.61. The van der Waals surface area contributed by atoms with Crippen molar-refractivity contribution in [2.45, 2.75) is 57.6 Å². The third-order valence-corrected chi connectivity index (χ3v) is 4.99. The molecule has 0 aromatic carbocycles. The molecule has 1 saturated carbocycles. The zero-order valence-electron chi connectivity index (χ0n) is 13.5. The number of imidazole rings is 1. The van der Waals surface area contributed by atoms with Crippen molar-refractivity contribution in [2.24, 2.45) is 5.92 Å². The Labute approximate surface area is 132 Å². The Morgan fingerprint density at radius 1 is 1.36 bits per heavy atom. The van der Waals surface area contributed by atoms with E-state index in [1.54, 1.807) is 0 Å². The maximum atomic E-state index is 12.2. The van der Waals surface area contributed by atoms with E-state index in [1.165, 1.54) is 25.1 Å². The number of aromatic nitrogens is 2. The molecule has 2 aliphatic rings. The highest BCUT2D eigenvalue weighted by molar-refractivity contribution is 5.77. The molecule has 2 heterocycles. The van der Waals surface area contributed by atoms with Gasteiger partial charge >= 0.3 is 0 Å². The van der Waals surface area contributed by atoms with Gasteiger partial charge in [-0.2, -0.15) is 0 Å². The van der Waals surface area contributed by atoms with Crippen LogP contribution in [0.2, 0.25) is 0 Å². The second-order valence-electron chi connectivity index (χ2n) is 6.75. The van der Waals surface area contributed by atoms with Gasteiger partial charge in [0.05, 0.1) is 6.10 Å². The average molecular weight is 305 g/mol. The smallest absolute Gasteiger partial charge is 0.248 e. The largest absolute Gasteiger partial charge is 0.368 e. The molecule has 3 rings (SSSR count). The number of likely N-dealkylation sites (N-methyl/N-ethyl adjacent to an activating group) is 1. The predicted octanol–water partition coefficient (Wildman–Crippen LogP) is 2.25. The molecule has 0 spiro atoms. The highest BCUT2D eigenvalue weighted by Gasteiger charge is 2.22. The minimum atomic E-state index is 0.113. The molecule has 1 aliphatic carbocycles. The molecule has 0 bridgehead atoms. The van der Waals surface area contributed by atoms with Gasteiger partial charge in [-0.3, -0.25) is 4.79 Å². The number of hydrogen-bond donors (Lipinski definition) is 0. The molecule has 0 unspecified atom stereocenters. The molecular weight excluding hydrogens is 278 g/mol. The van der Waals surface area contributed by atoms with Crippen molar-refractivity contribution in [1.29, 1.82) is 0 Å². The minimum absolute atomic E-state index is 0.113. The second kappa shape index (κ2) is 7.27. The van der Waals surface area contributed by atoms with Crippen LogP contribution in [-0.4, -0.2) is 46.7 Å². The summed E-state index contributed by atoms with van der Waals surface area (Å²) in [5.41, 5.74) is 0. The molecule has 0 radical (unpaired) electrons. The Hall–Kier alpha value is -1.36. The number of hydrogen-bond acceptors (Lipinski definition) is 3. The van der Waals surface area contributed by atoms with Crippen molar-refractivity contribution < 1.29 is 9.53 Å². The number of carbonyl (C=O) groups excluding carboxylic acids is 1. The molecule has 5 heteroatoms. The summed E-state index contributed by atoms with van der Waals surface area (Å²) in [5.74, 6) is 1.80. The monoisotopic (exact) mass is 305 g/mol. The van der Waals surface area contributed by atoms with Gasteiger partial charge in [0.2, 0.25) is 5.91 Å². The van der Waals surface area contributed by atoms with E-state index in [0.717, 1.165) is 38.8 Å². The molecule has 1 atom stereocenters. The van der Waals surface area contributed by atoms with Crippen molar-refractivity contribution in [1.82, 2.24) is 14.5 Å². The molecule has 1 aliphatic heterocycles. The molecule has 1 amide bonds. The summed E-state index contributed by atoms with van der Waals surface area (Å²) < 4.78 is 8.01. The summed E-state index contributed by atoms with van der Waals surface area (Å²) in [6, 6.07) is 0. The van der Waals surface area contributed by atoms with Crippen LogP contribution in [0.1, 0.15) is 44.3 Å². The summed E-state index contributed by atoms with van der Waals surface area (Å²) in [6.07, 6.45) is 12.3. The van der Waals surface area contributed by atoms with E-state index in [9.17, 15) is 4.79 Å². The van der Waals surface area contributed by atoms with Crippen molar-refractivity contribution in [3.05, 3.63) is 18.2 Å². The molecule has 122 valence electrons. The minimum Gasteiger partial charge on any atom is -0.368 e. The van der Waals surface area contributed by atoms with Gasteiger partial charge in [-0.05, 0) is 25.2 Å². The number of aryl methyl sites for hydroxylation is 1. The van der Waals surface area contributed by atoms with Crippen molar-refractivity contribution in [3.8, 4) is 0 Å². The Kier molecular flexibility index (Phi) is 5.13. The lowest BCUT2D eigenvalue weighted by Crippen LogP contribution is -2.38. The van der Waals surface area contributed by atoms with Gasteiger partial charge in [0.25, 0.3) is 0 Å². The first-order chi connectivity index (χ1) is 10.7. The van der Waals surface area contributed by atoms with E-state index in [0.29, 0.717) is 12.0 Å². The first-order valence-corrected chi connectivity index (χ1v) is 8.58. The first kappa shape index (κ1) is 15.5. The van der Waals surface area contributed by atoms with Crippen molar-refractivity contribution >= 4 is 5.91 Å². The molecule has 0 saturated heterocycles. The fourth-order valence-electron chi connectivity index (χ4n) is 3.61. The number of ether oxygens (including phenoxy) is 1. The Bertz CT molecular complexity index is 494. The standard InChI is InChI=1S/C17H27N3O2/c1-19(17(21)13-22-15-5-3-2-4-6-15)11-14-7-8-16-18-9-10-20(16)12-14/h9-10,14-15H,2-8,11-13H2,1H3/t14-/m1/s1. The quantitative estimate of drug-likeness (QED) is 0.838. The van der Waals surface area contributed by atoms with Gasteiger partial charge in [0.15, 0.2) is 0 Å². The van der Waals surface area contributed by atoms with Gasteiger partial charge in [0, 0.05) is 39.0 Å². The maximum absolute atomic E-state index is 12.2. The third-order valence-electron chi connectivity index (χ3n) is 4.99. The Morgan fingerprint density at radius 3 is 3.00 bits per heavy atom. The van der Waals surface area contributed by atoms with E-state index in [1.807, 2.05) is 24.3 Å². The van der Waals surface area contributed by atoms with Crippen LogP contribution in [-0.2, 0) is 22.5 Å². The Morgan fingerprint density at radius 2 is 2.18 bits per heavy atom. The van der Waals surface area contributed by atoms with Gasteiger partial charge in [-0.1, -0.05) is 19.3 Å². The van der Waals surface area contributed by atoms with Gasteiger partial charge in [0.1, 0.15) is 12.4 Å². The zero-order valence-corrected chi connectivity index (χ0v) is 13.5. The van der Waals surface area contributed by atoms with Crippen LogP contribution < -0.4 is 0 Å². The molecule has 5 nitrogen and oxygen atoms in total. The topological polar surface area (TPSA) is 47.4 Å². The molecule has 22 heavy (non-hydrogen) atoms. The second-order valence-corrected chi connectivity index (χ2v) is 6.75. The lowest BCUT2D eigenvalue weighted by molar-refractivity contribution is -0.138. The summed E-state index contributed by atoms with van der Waals surface area (Å²) in [6.45, 7) is 2.02. The van der Waals surface area contributed by atoms with E-state index in [4.69, 9.17) is 4.74 Å². The van der Waals surface area contributed by atoms with Crippen LogP contribution in [0.5, 0.6) is 0 Å². The summed E-state index contributed by atoms with van der Waals surface area (Å²) in [5, 5.41) is 0. The molecule has 1 aromatic heterocycles. The van der Waals surface area contributed by atoms with Crippen LogP contribution in [0.3, 0.4) is 0 Å². The van der Waals surface area contributed by atoms with Crippen molar-refractivity contribution in [2.75, 3.05) is 20.2 Å². The highest BCUT2D eigenvalue weighted by Crippen LogP contribution is 2.21. The van der Waals surface area contributed by atoms with Gasteiger partial charge < -0.3 is 14.2 Å². The maximum Gasteiger partial charge on any atom is 0.248 e. The summed E-state index contributed by atoms with van der Waals surface area (Å²) >= 11 is 0. The summed E-state index contributed by atoms with van der Waals surface area (Å²) in [7, 11) is 1.90. The number of nitrogens with zero attached hydrogens (tertiary/aromatic N) is 3.